The normalized spacial score (nSPS) is 23.0. The van der Waals surface area contributed by atoms with E-state index >= 15 is 0 Å². The van der Waals surface area contributed by atoms with Gasteiger partial charge in [-0.15, -0.1) is 0 Å². The number of carbonyl (C=O) groups is 2. The van der Waals surface area contributed by atoms with E-state index in [1.165, 1.54) is 11.8 Å². The molecule has 66 valence electrons. The molecule has 0 aromatic carbocycles. The third-order valence-electron chi connectivity index (χ3n) is 1.36. The van der Waals surface area contributed by atoms with Gasteiger partial charge in [0.25, 0.3) is 0 Å². The van der Waals surface area contributed by atoms with Crippen LogP contribution in [-0.2, 0) is 9.59 Å². The first kappa shape index (κ1) is 9.05. The Kier molecular flexibility index (Phi) is 2.69. The van der Waals surface area contributed by atoms with E-state index in [4.69, 9.17) is 10.2 Å². The molecular weight excluding hydrogens is 186 g/mol. The van der Waals surface area contributed by atoms with E-state index in [1.54, 1.807) is 0 Å². The van der Waals surface area contributed by atoms with Crippen molar-refractivity contribution >= 4 is 29.4 Å². The number of thioether (sulfide) groups is 1. The Morgan fingerprint density at radius 2 is 2.17 bits per heavy atom. The third-order valence-corrected chi connectivity index (χ3v) is 2.39. The summed E-state index contributed by atoms with van der Waals surface area (Å²) in [7, 11) is 0. The number of nitrogens with zero attached hydrogens (tertiary/aromatic N) is 1. The summed E-state index contributed by atoms with van der Waals surface area (Å²) in [5, 5.41) is 17.0. The van der Waals surface area contributed by atoms with E-state index in [9.17, 15) is 9.59 Å². The number of aliphatic carboxylic acids is 2. The minimum Gasteiger partial charge on any atom is -0.480 e. The smallest absolute Gasteiger partial charge is 0.350 e. The summed E-state index contributed by atoms with van der Waals surface area (Å²) in [4.78, 5) is 24.4. The van der Waals surface area contributed by atoms with Crippen molar-refractivity contribution < 1.29 is 19.8 Å². The van der Waals surface area contributed by atoms with E-state index in [2.05, 4.69) is 4.99 Å². The molecule has 0 bridgehead atoms. The van der Waals surface area contributed by atoms with Gasteiger partial charge in [-0.1, -0.05) is 0 Å². The van der Waals surface area contributed by atoms with Gasteiger partial charge >= 0.3 is 11.9 Å². The van der Waals surface area contributed by atoms with Crippen LogP contribution in [0.15, 0.2) is 4.99 Å². The average Bonchev–Trinajstić information content (AvgIpc) is 2.04. The lowest BCUT2D eigenvalue weighted by atomic mass is 10.4. The second-order valence-electron chi connectivity index (χ2n) is 2.25. The molecule has 12 heavy (non-hydrogen) atoms. The van der Waals surface area contributed by atoms with Crippen LogP contribution < -0.4 is 0 Å². The molecule has 6 heteroatoms. The molecule has 2 N–H and O–H groups in total. The van der Waals surface area contributed by atoms with E-state index in [1.807, 2.05) is 0 Å². The van der Waals surface area contributed by atoms with Gasteiger partial charge in [-0.05, 0) is 0 Å². The van der Waals surface area contributed by atoms with Crippen LogP contribution in [0.25, 0.3) is 0 Å². The number of aliphatic imine (C=N–C) groups is 1. The summed E-state index contributed by atoms with van der Waals surface area (Å²) in [5.74, 6) is -1.56. The summed E-state index contributed by atoms with van der Waals surface area (Å²) in [6.45, 7) is 0. The van der Waals surface area contributed by atoms with Crippen molar-refractivity contribution in [1.82, 2.24) is 0 Å². The zero-order valence-electron chi connectivity index (χ0n) is 6.06. The number of rotatable bonds is 2. The molecule has 1 aliphatic rings. The summed E-state index contributed by atoms with van der Waals surface area (Å²) < 4.78 is 0. The number of hydrogen-bond donors (Lipinski definition) is 2. The minimum absolute atomic E-state index is 0.0568. The summed E-state index contributed by atoms with van der Waals surface area (Å²) in [6, 6.07) is -0.894. The van der Waals surface area contributed by atoms with Crippen molar-refractivity contribution in [1.29, 1.82) is 0 Å². The van der Waals surface area contributed by atoms with Gasteiger partial charge in [0, 0.05) is 11.5 Å². The van der Waals surface area contributed by atoms with E-state index in [0.717, 1.165) is 0 Å². The number of carboxylic acid groups (broad SMARTS) is 2. The predicted octanol–water partition coefficient (Wildman–Crippen LogP) is -0.288. The van der Waals surface area contributed by atoms with Gasteiger partial charge in [0.2, 0.25) is 0 Å². The highest BCUT2D eigenvalue weighted by Crippen LogP contribution is 2.13. The van der Waals surface area contributed by atoms with Gasteiger partial charge in [0.05, 0.1) is 0 Å². The van der Waals surface area contributed by atoms with Crippen LogP contribution in [0.5, 0.6) is 0 Å². The van der Waals surface area contributed by atoms with Crippen LogP contribution in [0.4, 0.5) is 0 Å². The fourth-order valence-electron chi connectivity index (χ4n) is 0.773. The predicted molar refractivity (Wildman–Crippen MR) is 43.8 cm³/mol. The van der Waals surface area contributed by atoms with Crippen LogP contribution in [0.1, 0.15) is 0 Å². The third kappa shape index (κ3) is 1.97. The Morgan fingerprint density at radius 3 is 2.67 bits per heavy atom. The SMILES string of the molecule is O=C(O)C1=[15N][13C@H]([13C](=O)O)[13CH2]SC1. The molecule has 0 aromatic heterocycles. The molecule has 1 atom stereocenters. The molecule has 0 radical (unpaired) electrons. The Morgan fingerprint density at radius 1 is 1.50 bits per heavy atom. The van der Waals surface area contributed by atoms with Crippen molar-refractivity contribution in [2.24, 2.45) is 4.99 Å². The maximum absolute atomic E-state index is 10.4. The lowest BCUT2D eigenvalue weighted by molar-refractivity contribution is -0.137. The monoisotopic (exact) mass is 193 g/mol. The van der Waals surface area contributed by atoms with E-state index in [0.29, 0.717) is 11.5 Å². The summed E-state index contributed by atoms with van der Waals surface area (Å²) in [5.41, 5.74) is -0.0568. The van der Waals surface area contributed by atoms with Gasteiger partial charge in [-0.25, -0.2) is 9.59 Å². The van der Waals surface area contributed by atoms with Crippen molar-refractivity contribution in [2.75, 3.05) is 11.5 Å². The van der Waals surface area contributed by atoms with Gasteiger partial charge in [-0.2, -0.15) is 11.8 Å². The standard InChI is InChI=1S/C6H7NO4S/c8-5(9)3-1-12-2-4(7-3)6(10)11/h3H,1-2H2,(H,8,9)(H,10,11)/t3-/m0/s1/i1+1,3+1,5+1,7+1. The molecule has 1 heterocycles. The molecule has 1 aliphatic heterocycles. The second kappa shape index (κ2) is 3.57. The summed E-state index contributed by atoms with van der Waals surface area (Å²) >= 11 is 1.28. The van der Waals surface area contributed by atoms with Crippen LogP contribution in [0.3, 0.4) is 0 Å². The van der Waals surface area contributed by atoms with Crippen molar-refractivity contribution in [3.63, 3.8) is 0 Å². The fourth-order valence-corrected chi connectivity index (χ4v) is 1.72. The first-order valence-electron chi connectivity index (χ1n) is 3.22. The van der Waals surface area contributed by atoms with Crippen molar-refractivity contribution in [2.45, 2.75) is 6.04 Å². The Labute approximate surface area is 72.5 Å². The van der Waals surface area contributed by atoms with Gasteiger partial charge < -0.3 is 10.2 Å². The Hall–Kier alpha value is -1.04. The van der Waals surface area contributed by atoms with Crippen LogP contribution in [0.2, 0.25) is 0 Å². The maximum Gasteiger partial charge on any atom is 0.350 e. The quantitative estimate of drug-likeness (QED) is 0.465. The largest absolute Gasteiger partial charge is 0.480 e. The van der Waals surface area contributed by atoms with Gasteiger partial charge in [0.15, 0.2) is 6.04 Å². The molecule has 0 saturated heterocycles. The van der Waals surface area contributed by atoms with Crippen LogP contribution in [0, 0.1) is 0 Å². The highest BCUT2D eigenvalue weighted by molar-refractivity contribution is 8.00. The molecule has 0 fully saturated rings. The first-order valence-corrected chi connectivity index (χ1v) is 4.37. The topological polar surface area (TPSA) is 87.0 Å². The van der Waals surface area contributed by atoms with Gasteiger partial charge in [0.1, 0.15) is 5.71 Å². The lowest BCUT2D eigenvalue weighted by Gasteiger charge is -2.13. The molecule has 0 aromatic rings. The zero-order valence-corrected chi connectivity index (χ0v) is 6.87. The van der Waals surface area contributed by atoms with Crippen LogP contribution >= 0.6 is 11.8 Å². The molecule has 0 amide bonds. The number of carboxylic acids is 2. The molecule has 0 aliphatic carbocycles. The molecule has 0 spiro atoms. The lowest BCUT2D eigenvalue weighted by Crippen LogP contribution is -2.30. The van der Waals surface area contributed by atoms with Gasteiger partial charge in [-0.3, -0.25) is 4.99 Å². The Balaban J connectivity index is 2.76. The van der Waals surface area contributed by atoms with Crippen molar-refractivity contribution in [3.8, 4) is 0 Å². The fraction of sp³-hybridized carbons (Fsp3) is 0.500. The summed E-state index contributed by atoms with van der Waals surface area (Å²) in [6.07, 6.45) is 0. The highest BCUT2D eigenvalue weighted by Gasteiger charge is 2.24. The molecule has 0 saturated carbocycles. The average molecular weight is 193 g/mol. The molecular formula is C6H7NO4S. The number of hydrogen-bond acceptors (Lipinski definition) is 4. The second-order valence-corrected chi connectivity index (χ2v) is 3.28. The maximum atomic E-state index is 10.4. The van der Waals surface area contributed by atoms with E-state index < -0.39 is 18.0 Å². The highest BCUT2D eigenvalue weighted by atomic mass is 32.2. The Bertz CT molecular complexity index is 250. The van der Waals surface area contributed by atoms with Crippen LogP contribution in [-0.4, -0.2) is 45.4 Å². The molecule has 0 unspecified atom stereocenters. The minimum atomic E-state index is -1.13. The molecule has 5 nitrogen and oxygen atoms in total. The zero-order chi connectivity index (χ0) is 9.14. The van der Waals surface area contributed by atoms with Crippen molar-refractivity contribution in [3.05, 3.63) is 0 Å². The van der Waals surface area contributed by atoms with E-state index in [-0.39, 0.29) is 5.71 Å². The first-order chi connectivity index (χ1) is 5.61. The molecule has 1 rings (SSSR count).